The van der Waals surface area contributed by atoms with Gasteiger partial charge in [-0.2, -0.15) is 5.10 Å². The summed E-state index contributed by atoms with van der Waals surface area (Å²) in [5.74, 6) is 0.626. The van der Waals surface area contributed by atoms with E-state index in [9.17, 15) is 4.79 Å². The van der Waals surface area contributed by atoms with Crippen LogP contribution in [0, 0.1) is 5.92 Å². The molecular weight excluding hydrogens is 294 g/mol. The third kappa shape index (κ3) is 4.44. The van der Waals surface area contributed by atoms with Crippen LogP contribution in [0.1, 0.15) is 42.9 Å². The summed E-state index contributed by atoms with van der Waals surface area (Å²) in [4.78, 5) is 11.9. The molecule has 1 unspecified atom stereocenters. The third-order valence-corrected chi connectivity index (χ3v) is 4.05. The van der Waals surface area contributed by atoms with Crippen LogP contribution in [-0.4, -0.2) is 27.6 Å². The van der Waals surface area contributed by atoms with E-state index in [0.29, 0.717) is 11.6 Å². The highest BCUT2D eigenvalue weighted by molar-refractivity contribution is 9.09. The maximum Gasteiger partial charge on any atom is 0.269 e. The summed E-state index contributed by atoms with van der Waals surface area (Å²) >= 11 is 3.45. The Balaban J connectivity index is 2.38. The van der Waals surface area contributed by atoms with Gasteiger partial charge in [0.2, 0.25) is 0 Å². The minimum atomic E-state index is -0.0313. The van der Waals surface area contributed by atoms with Gasteiger partial charge in [-0.05, 0) is 31.2 Å². The van der Waals surface area contributed by atoms with Crippen molar-refractivity contribution in [2.45, 2.75) is 33.1 Å². The van der Waals surface area contributed by atoms with Crippen LogP contribution < -0.4 is 5.32 Å². The van der Waals surface area contributed by atoms with E-state index in [2.05, 4.69) is 33.3 Å². The highest BCUT2D eigenvalue weighted by Gasteiger charge is 2.11. The van der Waals surface area contributed by atoms with Gasteiger partial charge in [-0.1, -0.05) is 29.8 Å². The number of carbonyl (C=O) groups is 1. The molecule has 1 atom stereocenters. The molecule has 1 aromatic heterocycles. The summed E-state index contributed by atoms with van der Waals surface area (Å²) in [6.07, 6.45) is 2.98. The molecule has 0 spiro atoms. The van der Waals surface area contributed by atoms with Crippen molar-refractivity contribution in [1.82, 2.24) is 15.1 Å². The second-order valence-electron chi connectivity index (χ2n) is 4.66. The SMILES string of the molecule is CCc1cc(C(=O)NCCCC(C)CBr)n(C)n1. The summed E-state index contributed by atoms with van der Waals surface area (Å²) in [5.41, 5.74) is 1.59. The normalized spacial score (nSPS) is 12.4. The first kappa shape index (κ1) is 15.2. The number of nitrogens with zero attached hydrogens (tertiary/aromatic N) is 2. The molecule has 0 saturated heterocycles. The Morgan fingerprint density at radius 2 is 2.33 bits per heavy atom. The average molecular weight is 316 g/mol. The summed E-state index contributed by atoms with van der Waals surface area (Å²) < 4.78 is 1.65. The number of carbonyl (C=O) groups excluding carboxylic acids is 1. The standard InChI is InChI=1S/C13H22BrN3O/c1-4-11-8-12(17(3)16-11)13(18)15-7-5-6-10(2)9-14/h8,10H,4-7,9H2,1-3H3,(H,15,18). The predicted octanol–water partition coefficient (Wildman–Crippen LogP) is 2.52. The van der Waals surface area contributed by atoms with Crippen molar-refractivity contribution in [3.63, 3.8) is 0 Å². The molecule has 102 valence electrons. The maximum atomic E-state index is 11.9. The lowest BCUT2D eigenvalue weighted by Crippen LogP contribution is -2.26. The second kappa shape index (κ2) is 7.56. The van der Waals surface area contributed by atoms with Crippen LogP contribution in [0.3, 0.4) is 0 Å². The minimum absolute atomic E-state index is 0.0313. The van der Waals surface area contributed by atoms with E-state index in [0.717, 1.165) is 36.8 Å². The lowest BCUT2D eigenvalue weighted by molar-refractivity contribution is 0.0943. The number of halogens is 1. The molecule has 1 amide bonds. The zero-order chi connectivity index (χ0) is 13.5. The molecular formula is C13H22BrN3O. The number of amides is 1. The highest BCUT2D eigenvalue weighted by atomic mass is 79.9. The Hall–Kier alpha value is -0.840. The maximum absolute atomic E-state index is 11.9. The Labute approximate surface area is 117 Å². The molecule has 0 saturated carbocycles. The third-order valence-electron chi connectivity index (χ3n) is 2.95. The van der Waals surface area contributed by atoms with E-state index in [1.165, 1.54) is 0 Å². The van der Waals surface area contributed by atoms with Gasteiger partial charge in [0.25, 0.3) is 5.91 Å². The van der Waals surface area contributed by atoms with Gasteiger partial charge in [0.1, 0.15) is 5.69 Å². The van der Waals surface area contributed by atoms with Crippen LogP contribution in [0.25, 0.3) is 0 Å². The molecule has 1 N–H and O–H groups in total. The van der Waals surface area contributed by atoms with Gasteiger partial charge >= 0.3 is 0 Å². The van der Waals surface area contributed by atoms with Crippen LogP contribution in [0.2, 0.25) is 0 Å². The summed E-state index contributed by atoms with van der Waals surface area (Å²) in [6, 6.07) is 1.86. The molecule has 1 aromatic rings. The molecule has 0 radical (unpaired) electrons. The number of aromatic nitrogens is 2. The van der Waals surface area contributed by atoms with Gasteiger partial charge in [-0.3, -0.25) is 9.48 Å². The first-order valence-corrected chi connectivity index (χ1v) is 7.57. The number of alkyl halides is 1. The first-order valence-electron chi connectivity index (χ1n) is 6.45. The topological polar surface area (TPSA) is 46.9 Å². The fourth-order valence-corrected chi connectivity index (χ4v) is 2.06. The Bertz CT molecular complexity index is 390. The molecule has 0 fully saturated rings. The largest absolute Gasteiger partial charge is 0.351 e. The predicted molar refractivity (Wildman–Crippen MR) is 77.1 cm³/mol. The molecule has 18 heavy (non-hydrogen) atoms. The number of nitrogens with one attached hydrogen (secondary N) is 1. The van der Waals surface area contributed by atoms with Crippen molar-refractivity contribution in [3.8, 4) is 0 Å². The van der Waals surface area contributed by atoms with E-state index in [4.69, 9.17) is 0 Å². The molecule has 1 heterocycles. The van der Waals surface area contributed by atoms with Crippen LogP contribution in [0.4, 0.5) is 0 Å². The monoisotopic (exact) mass is 315 g/mol. The lowest BCUT2D eigenvalue weighted by Gasteiger charge is -2.08. The van der Waals surface area contributed by atoms with E-state index in [1.807, 2.05) is 13.0 Å². The number of aryl methyl sites for hydroxylation is 2. The van der Waals surface area contributed by atoms with E-state index in [1.54, 1.807) is 11.7 Å². The summed E-state index contributed by atoms with van der Waals surface area (Å²) in [5, 5.41) is 8.23. The van der Waals surface area contributed by atoms with Crippen molar-refractivity contribution in [3.05, 3.63) is 17.5 Å². The molecule has 5 heteroatoms. The van der Waals surface area contributed by atoms with E-state index in [-0.39, 0.29) is 5.91 Å². The Kier molecular flexibility index (Phi) is 6.39. The van der Waals surface area contributed by atoms with Gasteiger partial charge in [-0.15, -0.1) is 0 Å². The van der Waals surface area contributed by atoms with Crippen molar-refractivity contribution < 1.29 is 4.79 Å². The molecule has 0 aliphatic heterocycles. The highest BCUT2D eigenvalue weighted by Crippen LogP contribution is 2.08. The smallest absolute Gasteiger partial charge is 0.269 e. The molecule has 0 aliphatic rings. The Morgan fingerprint density at radius 3 is 2.89 bits per heavy atom. The fraction of sp³-hybridized carbons (Fsp3) is 0.692. The molecule has 0 bridgehead atoms. The quantitative estimate of drug-likeness (QED) is 0.621. The van der Waals surface area contributed by atoms with Crippen molar-refractivity contribution in [1.29, 1.82) is 0 Å². The fourth-order valence-electron chi connectivity index (χ4n) is 1.73. The van der Waals surface area contributed by atoms with Crippen molar-refractivity contribution in [2.24, 2.45) is 13.0 Å². The first-order chi connectivity index (χ1) is 8.58. The van der Waals surface area contributed by atoms with E-state index < -0.39 is 0 Å². The molecule has 1 rings (SSSR count). The average Bonchev–Trinajstić information content (AvgIpc) is 2.75. The molecule has 0 aliphatic carbocycles. The zero-order valence-corrected chi connectivity index (χ0v) is 13.0. The van der Waals surface area contributed by atoms with Gasteiger partial charge in [0.15, 0.2) is 0 Å². The van der Waals surface area contributed by atoms with Crippen molar-refractivity contribution >= 4 is 21.8 Å². The van der Waals surface area contributed by atoms with Crippen molar-refractivity contribution in [2.75, 3.05) is 11.9 Å². The summed E-state index contributed by atoms with van der Waals surface area (Å²) in [7, 11) is 1.81. The number of hydrogen-bond donors (Lipinski definition) is 1. The number of rotatable bonds is 7. The van der Waals surface area contributed by atoms with Crippen LogP contribution >= 0.6 is 15.9 Å². The second-order valence-corrected chi connectivity index (χ2v) is 5.30. The molecule has 4 nitrogen and oxygen atoms in total. The van der Waals surface area contributed by atoms with E-state index >= 15 is 0 Å². The zero-order valence-electron chi connectivity index (χ0n) is 11.4. The minimum Gasteiger partial charge on any atom is -0.351 e. The van der Waals surface area contributed by atoms with Crippen LogP contribution in [-0.2, 0) is 13.5 Å². The number of hydrogen-bond acceptors (Lipinski definition) is 2. The lowest BCUT2D eigenvalue weighted by atomic mass is 10.1. The van der Waals surface area contributed by atoms with Crippen LogP contribution in [0.5, 0.6) is 0 Å². The van der Waals surface area contributed by atoms with Gasteiger partial charge in [-0.25, -0.2) is 0 Å². The van der Waals surface area contributed by atoms with Crippen LogP contribution in [0.15, 0.2) is 6.07 Å². The Morgan fingerprint density at radius 1 is 1.61 bits per heavy atom. The van der Waals surface area contributed by atoms with Gasteiger partial charge in [0, 0.05) is 18.9 Å². The van der Waals surface area contributed by atoms with Gasteiger partial charge in [0.05, 0.1) is 5.69 Å². The summed E-state index contributed by atoms with van der Waals surface area (Å²) in [6.45, 7) is 4.96. The molecule has 0 aromatic carbocycles. The van der Waals surface area contributed by atoms with Gasteiger partial charge < -0.3 is 5.32 Å².